The first-order valence-electron chi connectivity index (χ1n) is 5.96. The number of nitrogens with one attached hydrogen (secondary N) is 1. The second-order valence-electron chi connectivity index (χ2n) is 4.24. The number of rotatable bonds is 4. The molecule has 0 radical (unpaired) electrons. The Bertz CT molecular complexity index is 719. The van der Waals surface area contributed by atoms with Gasteiger partial charge in [-0.2, -0.15) is 5.26 Å². The number of benzene rings is 1. The van der Waals surface area contributed by atoms with Crippen LogP contribution in [0.5, 0.6) is 0 Å². The van der Waals surface area contributed by atoms with Crippen LogP contribution in [0, 0.1) is 11.3 Å². The van der Waals surface area contributed by atoms with Gasteiger partial charge in [0, 0.05) is 12.2 Å². The van der Waals surface area contributed by atoms with E-state index < -0.39 is 10.0 Å². The molecule has 0 bridgehead atoms. The summed E-state index contributed by atoms with van der Waals surface area (Å²) in [5, 5.41) is 8.65. The standard InChI is InChI=1S/C14H13N3O2S/c1-11(12-5-3-2-4-6-12)17-20(18,19)14-8-7-13(9-15)16-10-14/h2-8,10-11,17H,1H3. The molecule has 5 nitrogen and oxygen atoms in total. The maximum Gasteiger partial charge on any atom is 0.242 e. The Morgan fingerprint density at radius 3 is 2.45 bits per heavy atom. The van der Waals surface area contributed by atoms with Crippen molar-refractivity contribution in [1.29, 1.82) is 5.26 Å². The number of nitriles is 1. The highest BCUT2D eigenvalue weighted by Crippen LogP contribution is 2.16. The molecule has 2 aromatic rings. The minimum Gasteiger partial charge on any atom is -0.244 e. The lowest BCUT2D eigenvalue weighted by Crippen LogP contribution is -2.27. The van der Waals surface area contributed by atoms with Crippen LogP contribution in [-0.2, 0) is 10.0 Å². The normalized spacial score (nSPS) is 12.6. The Labute approximate surface area is 118 Å². The van der Waals surface area contributed by atoms with Gasteiger partial charge in [-0.05, 0) is 24.6 Å². The molecule has 0 spiro atoms. The van der Waals surface area contributed by atoms with Crippen molar-refractivity contribution in [3.63, 3.8) is 0 Å². The molecule has 20 heavy (non-hydrogen) atoms. The Morgan fingerprint density at radius 2 is 1.90 bits per heavy atom. The van der Waals surface area contributed by atoms with Gasteiger partial charge in [0.15, 0.2) is 0 Å². The van der Waals surface area contributed by atoms with Crippen LogP contribution >= 0.6 is 0 Å². The number of nitrogens with zero attached hydrogens (tertiary/aromatic N) is 2. The van der Waals surface area contributed by atoms with E-state index in [4.69, 9.17) is 5.26 Å². The second-order valence-corrected chi connectivity index (χ2v) is 5.96. The van der Waals surface area contributed by atoms with Gasteiger partial charge >= 0.3 is 0 Å². The van der Waals surface area contributed by atoms with Crippen LogP contribution in [0.25, 0.3) is 0 Å². The predicted octanol–water partition coefficient (Wildman–Crippen LogP) is 1.99. The highest BCUT2D eigenvalue weighted by molar-refractivity contribution is 7.89. The van der Waals surface area contributed by atoms with Crippen LogP contribution in [0.1, 0.15) is 24.2 Å². The van der Waals surface area contributed by atoms with Gasteiger partial charge in [0.2, 0.25) is 10.0 Å². The lowest BCUT2D eigenvalue weighted by atomic mass is 10.1. The van der Waals surface area contributed by atoms with Crippen LogP contribution in [0.15, 0.2) is 53.6 Å². The zero-order chi connectivity index (χ0) is 14.6. The average molecular weight is 287 g/mol. The summed E-state index contributed by atoms with van der Waals surface area (Å²) in [6.45, 7) is 1.77. The second kappa shape index (κ2) is 5.82. The molecule has 0 aliphatic carbocycles. The monoisotopic (exact) mass is 287 g/mol. The largest absolute Gasteiger partial charge is 0.244 e. The lowest BCUT2D eigenvalue weighted by Gasteiger charge is -2.14. The van der Waals surface area contributed by atoms with Gasteiger partial charge in [-0.1, -0.05) is 30.3 Å². The van der Waals surface area contributed by atoms with E-state index in [9.17, 15) is 8.42 Å². The first-order valence-corrected chi connectivity index (χ1v) is 7.44. The Kier molecular flexibility index (Phi) is 4.13. The molecule has 6 heteroatoms. The van der Waals surface area contributed by atoms with E-state index in [1.807, 2.05) is 36.4 Å². The number of hydrogen-bond acceptors (Lipinski definition) is 4. The molecule has 2 rings (SSSR count). The van der Waals surface area contributed by atoms with Crippen molar-refractivity contribution in [3.8, 4) is 6.07 Å². The van der Waals surface area contributed by atoms with E-state index in [-0.39, 0.29) is 16.6 Å². The lowest BCUT2D eigenvalue weighted by molar-refractivity contribution is 0.566. The average Bonchev–Trinajstić information content (AvgIpc) is 2.48. The fraction of sp³-hybridized carbons (Fsp3) is 0.143. The molecular weight excluding hydrogens is 274 g/mol. The smallest absolute Gasteiger partial charge is 0.242 e. The van der Waals surface area contributed by atoms with Crippen molar-refractivity contribution in [3.05, 3.63) is 59.9 Å². The summed E-state index contributed by atoms with van der Waals surface area (Å²) in [7, 11) is -3.65. The first-order chi connectivity index (χ1) is 9.53. The minimum absolute atomic E-state index is 0.0410. The predicted molar refractivity (Wildman–Crippen MR) is 74.1 cm³/mol. The fourth-order valence-electron chi connectivity index (χ4n) is 1.72. The third-order valence-corrected chi connectivity index (χ3v) is 4.32. The number of sulfonamides is 1. The molecule has 1 aromatic carbocycles. The molecule has 1 N–H and O–H groups in total. The van der Waals surface area contributed by atoms with Crippen LogP contribution in [0.2, 0.25) is 0 Å². The quantitative estimate of drug-likeness (QED) is 0.932. The molecular formula is C14H13N3O2S. The topological polar surface area (TPSA) is 82.9 Å². The summed E-state index contributed by atoms with van der Waals surface area (Å²) in [6.07, 6.45) is 1.18. The van der Waals surface area contributed by atoms with Crippen molar-refractivity contribution in [2.24, 2.45) is 0 Å². The molecule has 102 valence electrons. The fourth-order valence-corrected chi connectivity index (χ4v) is 2.89. The summed E-state index contributed by atoms with van der Waals surface area (Å²) in [5.74, 6) is 0. The van der Waals surface area contributed by atoms with Crippen molar-refractivity contribution in [1.82, 2.24) is 9.71 Å². The maximum absolute atomic E-state index is 12.2. The van der Waals surface area contributed by atoms with Gasteiger partial charge in [-0.15, -0.1) is 0 Å². The van der Waals surface area contributed by atoms with Crippen LogP contribution in [0.4, 0.5) is 0 Å². The summed E-state index contributed by atoms with van der Waals surface area (Å²) >= 11 is 0. The van der Waals surface area contributed by atoms with Crippen LogP contribution in [-0.4, -0.2) is 13.4 Å². The molecule has 0 saturated carbocycles. The molecule has 1 aromatic heterocycles. The number of aromatic nitrogens is 1. The number of pyridine rings is 1. The zero-order valence-electron chi connectivity index (χ0n) is 10.8. The van der Waals surface area contributed by atoms with Gasteiger partial charge in [-0.3, -0.25) is 0 Å². The highest BCUT2D eigenvalue weighted by Gasteiger charge is 2.18. The van der Waals surface area contributed by atoms with Gasteiger partial charge in [0.05, 0.1) is 0 Å². The van der Waals surface area contributed by atoms with E-state index in [0.717, 1.165) is 5.56 Å². The van der Waals surface area contributed by atoms with E-state index in [2.05, 4.69) is 9.71 Å². The Balaban J connectivity index is 2.21. The summed E-state index contributed by atoms with van der Waals surface area (Å²) in [6, 6.07) is 13.5. The SMILES string of the molecule is CC(NS(=O)(=O)c1ccc(C#N)nc1)c1ccccc1. The molecule has 0 fully saturated rings. The molecule has 1 unspecified atom stereocenters. The molecule has 0 aliphatic heterocycles. The van der Waals surface area contributed by atoms with Crippen molar-refractivity contribution in [2.45, 2.75) is 17.9 Å². The molecule has 1 heterocycles. The molecule has 0 saturated heterocycles. The maximum atomic E-state index is 12.2. The zero-order valence-corrected chi connectivity index (χ0v) is 11.6. The Morgan fingerprint density at radius 1 is 1.20 bits per heavy atom. The molecule has 0 amide bonds. The Hall–Kier alpha value is -2.23. The van der Waals surface area contributed by atoms with Gasteiger partial charge < -0.3 is 0 Å². The van der Waals surface area contributed by atoms with E-state index in [1.54, 1.807) is 6.92 Å². The van der Waals surface area contributed by atoms with Gasteiger partial charge in [-0.25, -0.2) is 18.1 Å². The minimum atomic E-state index is -3.65. The molecule has 0 aliphatic rings. The van der Waals surface area contributed by atoms with Crippen molar-refractivity contribution >= 4 is 10.0 Å². The van der Waals surface area contributed by atoms with Gasteiger partial charge in [0.25, 0.3) is 0 Å². The number of hydrogen-bond donors (Lipinski definition) is 1. The summed E-state index contributed by atoms with van der Waals surface area (Å²) in [5.41, 5.74) is 1.05. The third kappa shape index (κ3) is 3.20. The van der Waals surface area contributed by atoms with Crippen LogP contribution in [0.3, 0.4) is 0 Å². The summed E-state index contributed by atoms with van der Waals surface area (Å²) in [4.78, 5) is 3.80. The van der Waals surface area contributed by atoms with Crippen molar-refractivity contribution < 1.29 is 8.42 Å². The van der Waals surface area contributed by atoms with E-state index >= 15 is 0 Å². The van der Waals surface area contributed by atoms with Crippen LogP contribution < -0.4 is 4.72 Å². The first kappa shape index (κ1) is 14.2. The van der Waals surface area contributed by atoms with E-state index in [0.29, 0.717) is 0 Å². The van der Waals surface area contributed by atoms with Gasteiger partial charge in [0.1, 0.15) is 16.7 Å². The highest BCUT2D eigenvalue weighted by atomic mass is 32.2. The van der Waals surface area contributed by atoms with Crippen molar-refractivity contribution in [2.75, 3.05) is 0 Å². The van der Waals surface area contributed by atoms with E-state index in [1.165, 1.54) is 18.3 Å². The third-order valence-electron chi connectivity index (χ3n) is 2.79. The summed E-state index contributed by atoms with van der Waals surface area (Å²) < 4.78 is 26.9. The molecule has 1 atom stereocenters.